The lowest BCUT2D eigenvalue weighted by atomic mass is 10.1. The molecular formula is C24H23N3OSi. The van der Waals surface area contributed by atoms with E-state index in [1.54, 1.807) is 7.11 Å². The molecule has 0 spiro atoms. The predicted molar refractivity (Wildman–Crippen MR) is 121 cm³/mol. The second-order valence-corrected chi connectivity index (χ2v) is 12.7. The van der Waals surface area contributed by atoms with Gasteiger partial charge in [-0.3, -0.25) is 0 Å². The summed E-state index contributed by atoms with van der Waals surface area (Å²) in [6.07, 6.45) is 1.90. The maximum absolute atomic E-state index is 5.26. The molecule has 2 aromatic heterocycles. The predicted octanol–water partition coefficient (Wildman–Crippen LogP) is 5.30. The van der Waals surface area contributed by atoms with Crippen molar-refractivity contribution < 1.29 is 4.74 Å². The second-order valence-electron chi connectivity index (χ2n) is 7.91. The van der Waals surface area contributed by atoms with Gasteiger partial charge in [-0.2, -0.15) is 5.10 Å². The highest BCUT2D eigenvalue weighted by Crippen LogP contribution is 2.26. The molecule has 0 aliphatic carbocycles. The smallest absolute Gasteiger partial charge is 0.157 e. The first-order chi connectivity index (χ1) is 13.9. The number of rotatable bonds is 3. The quantitative estimate of drug-likeness (QED) is 0.348. The van der Waals surface area contributed by atoms with Crippen molar-refractivity contribution in [2.75, 3.05) is 7.11 Å². The first-order valence-electron chi connectivity index (χ1n) is 9.56. The van der Waals surface area contributed by atoms with Crippen LogP contribution in [0.5, 0.6) is 5.75 Å². The van der Waals surface area contributed by atoms with Gasteiger partial charge >= 0.3 is 0 Å². The Balaban J connectivity index is 1.91. The van der Waals surface area contributed by atoms with Gasteiger partial charge in [-0.15, -0.1) is 5.54 Å². The molecule has 5 heteroatoms. The summed E-state index contributed by atoms with van der Waals surface area (Å²) < 4.78 is 7.13. The number of fused-ring (bicyclic) bond motifs is 1. The Hall–Kier alpha value is -3.36. The van der Waals surface area contributed by atoms with Crippen molar-refractivity contribution in [2.24, 2.45) is 0 Å². The Bertz CT molecular complexity index is 1210. The van der Waals surface area contributed by atoms with Crippen LogP contribution in [0.4, 0.5) is 0 Å². The van der Waals surface area contributed by atoms with E-state index >= 15 is 0 Å². The molecule has 2 aromatic carbocycles. The van der Waals surface area contributed by atoms with Gasteiger partial charge < -0.3 is 4.74 Å². The molecule has 0 radical (unpaired) electrons. The summed E-state index contributed by atoms with van der Waals surface area (Å²) in [5, 5.41) is 4.85. The zero-order valence-corrected chi connectivity index (χ0v) is 18.1. The fraction of sp³-hybridized carbons (Fsp3) is 0.167. The average Bonchev–Trinajstić information content (AvgIpc) is 3.16. The number of aromatic nitrogens is 3. The number of benzene rings is 2. The summed E-state index contributed by atoms with van der Waals surface area (Å²) in [4.78, 5) is 4.66. The highest BCUT2D eigenvalue weighted by molar-refractivity contribution is 6.83. The molecule has 0 saturated carbocycles. The van der Waals surface area contributed by atoms with Crippen molar-refractivity contribution in [2.45, 2.75) is 19.6 Å². The van der Waals surface area contributed by atoms with Crippen molar-refractivity contribution >= 4 is 13.7 Å². The standard InChI is InChI=1S/C24H23N3OSi/c1-28-20-12-10-19(11-13-20)22-16-24-25-17-21(18-8-6-5-7-9-18)23(27(24)26-22)14-15-29(2,3)4/h5-13,16-17H,1-4H3. The van der Waals surface area contributed by atoms with Crippen molar-refractivity contribution in [1.82, 2.24) is 14.6 Å². The number of nitrogens with zero attached hydrogens (tertiary/aromatic N) is 3. The van der Waals surface area contributed by atoms with Crippen LogP contribution in [-0.4, -0.2) is 29.8 Å². The van der Waals surface area contributed by atoms with Crippen LogP contribution < -0.4 is 4.74 Å². The normalized spacial score (nSPS) is 11.2. The van der Waals surface area contributed by atoms with Gasteiger partial charge in [0.25, 0.3) is 0 Å². The number of methoxy groups -OCH3 is 1. The highest BCUT2D eigenvalue weighted by atomic mass is 28.3. The molecule has 0 fully saturated rings. The maximum atomic E-state index is 5.26. The molecule has 144 valence electrons. The molecule has 4 aromatic rings. The van der Waals surface area contributed by atoms with Gasteiger partial charge in [-0.05, 0) is 29.8 Å². The molecule has 0 aliphatic heterocycles. The average molecular weight is 398 g/mol. The fourth-order valence-electron chi connectivity index (χ4n) is 3.03. The van der Waals surface area contributed by atoms with E-state index < -0.39 is 8.07 Å². The minimum Gasteiger partial charge on any atom is -0.497 e. The molecule has 0 saturated heterocycles. The lowest BCUT2D eigenvalue weighted by Gasteiger charge is -2.08. The van der Waals surface area contributed by atoms with Crippen molar-refractivity contribution in [3.63, 3.8) is 0 Å². The number of ether oxygens (including phenoxy) is 1. The van der Waals surface area contributed by atoms with E-state index in [0.717, 1.165) is 39.5 Å². The summed E-state index contributed by atoms with van der Waals surface area (Å²) in [5.74, 6) is 4.25. The Morgan fingerprint density at radius 1 is 0.931 bits per heavy atom. The molecule has 0 bridgehead atoms. The van der Waals surface area contributed by atoms with Crippen molar-refractivity contribution in [1.29, 1.82) is 0 Å². The molecule has 4 rings (SSSR count). The van der Waals surface area contributed by atoms with Crippen LogP contribution in [0.1, 0.15) is 5.69 Å². The van der Waals surface area contributed by atoms with Crippen LogP contribution in [0.3, 0.4) is 0 Å². The van der Waals surface area contributed by atoms with Crippen LogP contribution in [0, 0.1) is 11.5 Å². The molecule has 4 nitrogen and oxygen atoms in total. The lowest BCUT2D eigenvalue weighted by Crippen LogP contribution is -2.16. The lowest BCUT2D eigenvalue weighted by molar-refractivity contribution is 0.415. The van der Waals surface area contributed by atoms with Crippen LogP contribution in [-0.2, 0) is 0 Å². The van der Waals surface area contributed by atoms with Gasteiger partial charge in [0.2, 0.25) is 0 Å². The highest BCUT2D eigenvalue weighted by Gasteiger charge is 2.14. The topological polar surface area (TPSA) is 39.4 Å². The third-order valence-electron chi connectivity index (χ3n) is 4.51. The molecule has 0 atom stereocenters. The van der Waals surface area contributed by atoms with Gasteiger partial charge in [0, 0.05) is 23.4 Å². The minimum absolute atomic E-state index is 0.787. The summed E-state index contributed by atoms with van der Waals surface area (Å²) in [6, 6.07) is 20.1. The Morgan fingerprint density at radius 2 is 1.66 bits per heavy atom. The van der Waals surface area contributed by atoms with Crippen LogP contribution in [0.15, 0.2) is 66.9 Å². The third kappa shape index (κ3) is 4.08. The molecule has 0 amide bonds. The van der Waals surface area contributed by atoms with Gasteiger partial charge in [0.1, 0.15) is 19.5 Å². The van der Waals surface area contributed by atoms with E-state index in [-0.39, 0.29) is 0 Å². The van der Waals surface area contributed by atoms with E-state index in [2.05, 4.69) is 48.2 Å². The van der Waals surface area contributed by atoms with E-state index in [4.69, 9.17) is 9.84 Å². The zero-order valence-electron chi connectivity index (χ0n) is 17.1. The number of hydrogen-bond acceptors (Lipinski definition) is 3. The van der Waals surface area contributed by atoms with E-state index in [9.17, 15) is 0 Å². The largest absolute Gasteiger partial charge is 0.497 e. The summed E-state index contributed by atoms with van der Waals surface area (Å²) in [5.41, 5.74) is 9.11. The summed E-state index contributed by atoms with van der Waals surface area (Å²) >= 11 is 0. The van der Waals surface area contributed by atoms with Crippen LogP contribution >= 0.6 is 0 Å². The van der Waals surface area contributed by atoms with E-state index in [1.807, 2.05) is 59.2 Å². The molecule has 0 aliphatic rings. The van der Waals surface area contributed by atoms with E-state index in [1.165, 1.54) is 0 Å². The van der Waals surface area contributed by atoms with Gasteiger partial charge in [0.05, 0.1) is 12.8 Å². The van der Waals surface area contributed by atoms with Gasteiger partial charge in [0.15, 0.2) is 5.65 Å². The fourth-order valence-corrected chi connectivity index (χ4v) is 3.53. The molecular weight excluding hydrogens is 374 g/mol. The Morgan fingerprint density at radius 3 is 2.31 bits per heavy atom. The SMILES string of the molecule is COc1ccc(-c2cc3ncc(-c4ccccc4)c(C#C[Si](C)(C)C)n3n2)cc1. The Kier molecular flexibility index (Phi) is 4.95. The Labute approximate surface area is 172 Å². The van der Waals surface area contributed by atoms with Crippen molar-refractivity contribution in [3.8, 4) is 39.6 Å². The maximum Gasteiger partial charge on any atom is 0.157 e. The number of hydrogen-bond donors (Lipinski definition) is 0. The first kappa shape index (κ1) is 19.0. The minimum atomic E-state index is -1.56. The van der Waals surface area contributed by atoms with Crippen LogP contribution in [0.25, 0.3) is 28.0 Å². The molecule has 0 N–H and O–H groups in total. The third-order valence-corrected chi connectivity index (χ3v) is 5.38. The summed E-state index contributed by atoms with van der Waals surface area (Å²) in [6.45, 7) is 6.73. The monoisotopic (exact) mass is 397 g/mol. The first-order valence-corrected chi connectivity index (χ1v) is 13.1. The second kappa shape index (κ2) is 7.57. The van der Waals surface area contributed by atoms with Crippen molar-refractivity contribution in [3.05, 3.63) is 72.6 Å². The molecule has 0 unspecified atom stereocenters. The van der Waals surface area contributed by atoms with Crippen LogP contribution in [0.2, 0.25) is 19.6 Å². The zero-order chi connectivity index (χ0) is 20.4. The van der Waals surface area contributed by atoms with Gasteiger partial charge in [-0.25, -0.2) is 9.50 Å². The molecule has 29 heavy (non-hydrogen) atoms. The van der Waals surface area contributed by atoms with E-state index in [0.29, 0.717) is 0 Å². The molecule has 2 heterocycles. The van der Waals surface area contributed by atoms with Gasteiger partial charge in [-0.1, -0.05) is 55.9 Å². The summed E-state index contributed by atoms with van der Waals surface area (Å²) in [7, 11) is 0.110.